The first-order valence-corrected chi connectivity index (χ1v) is 6.43. The van der Waals surface area contributed by atoms with Crippen LogP contribution in [0.5, 0.6) is 0 Å². The van der Waals surface area contributed by atoms with Gasteiger partial charge in [0.1, 0.15) is 11.6 Å². The summed E-state index contributed by atoms with van der Waals surface area (Å²) in [6.45, 7) is 10.6. The molecule has 0 heterocycles. The topological polar surface area (TPSA) is 12.0 Å². The molecule has 0 amide bonds. The highest BCUT2D eigenvalue weighted by Gasteiger charge is 2.24. The van der Waals surface area contributed by atoms with Crippen molar-refractivity contribution < 1.29 is 8.78 Å². The molecule has 1 rings (SSSR count). The van der Waals surface area contributed by atoms with Gasteiger partial charge in [-0.25, -0.2) is 8.78 Å². The molecule has 0 aliphatic rings. The second-order valence-corrected chi connectivity index (χ2v) is 5.82. The molecule has 0 atom stereocenters. The first-order chi connectivity index (χ1) is 8.24. The zero-order valence-electron chi connectivity index (χ0n) is 11.9. The zero-order chi connectivity index (χ0) is 13.9. The molecule has 0 saturated carbocycles. The lowest BCUT2D eigenvalue weighted by atomic mass is 9.80. The van der Waals surface area contributed by atoms with Crippen LogP contribution in [0.1, 0.15) is 45.2 Å². The van der Waals surface area contributed by atoms with E-state index in [1.807, 2.05) is 13.8 Å². The highest BCUT2D eigenvalue weighted by molar-refractivity contribution is 5.31. The van der Waals surface area contributed by atoms with E-state index in [0.29, 0.717) is 17.2 Å². The van der Waals surface area contributed by atoms with Gasteiger partial charge in [0, 0.05) is 12.1 Å². The van der Waals surface area contributed by atoms with E-state index < -0.39 is 11.6 Å². The van der Waals surface area contributed by atoms with Gasteiger partial charge in [-0.2, -0.15) is 0 Å². The van der Waals surface area contributed by atoms with Gasteiger partial charge in [-0.3, -0.25) is 0 Å². The molecule has 102 valence electrons. The fraction of sp³-hybridized carbons (Fsp3) is 0.600. The van der Waals surface area contributed by atoms with Gasteiger partial charge in [0.15, 0.2) is 0 Å². The normalized spacial score (nSPS) is 12.2. The first-order valence-electron chi connectivity index (χ1n) is 6.43. The minimum atomic E-state index is -0.479. The standard InChI is InChI=1S/C15H23F2N/c1-10(2)18-7-6-15(4,5)12-8-11(3)13(16)9-14(12)17/h8-10,18H,6-7H2,1-5H3. The second kappa shape index (κ2) is 5.79. The molecular formula is C15H23F2N. The van der Waals surface area contributed by atoms with Crippen LogP contribution in [0.3, 0.4) is 0 Å². The van der Waals surface area contributed by atoms with Crippen molar-refractivity contribution in [2.24, 2.45) is 0 Å². The molecule has 0 bridgehead atoms. The first kappa shape index (κ1) is 15.1. The Morgan fingerprint density at radius 1 is 1.17 bits per heavy atom. The molecule has 0 spiro atoms. The molecule has 0 radical (unpaired) electrons. The van der Waals surface area contributed by atoms with Crippen molar-refractivity contribution in [3.05, 3.63) is 34.9 Å². The Kier molecular flexibility index (Phi) is 4.85. The van der Waals surface area contributed by atoms with Crippen LogP contribution in [-0.4, -0.2) is 12.6 Å². The van der Waals surface area contributed by atoms with Crippen molar-refractivity contribution in [1.82, 2.24) is 5.32 Å². The number of hydrogen-bond donors (Lipinski definition) is 1. The van der Waals surface area contributed by atoms with E-state index in [4.69, 9.17) is 0 Å². The highest BCUT2D eigenvalue weighted by atomic mass is 19.1. The number of nitrogens with one attached hydrogen (secondary N) is 1. The van der Waals surface area contributed by atoms with Crippen molar-refractivity contribution in [2.45, 2.75) is 52.5 Å². The van der Waals surface area contributed by atoms with Gasteiger partial charge in [-0.05, 0) is 42.5 Å². The lowest BCUT2D eigenvalue weighted by molar-refractivity contribution is 0.420. The molecule has 1 N–H and O–H groups in total. The summed E-state index contributed by atoms with van der Waals surface area (Å²) in [5.41, 5.74) is 0.785. The molecule has 18 heavy (non-hydrogen) atoms. The van der Waals surface area contributed by atoms with Crippen LogP contribution in [0.4, 0.5) is 8.78 Å². The van der Waals surface area contributed by atoms with Gasteiger partial charge in [0.2, 0.25) is 0 Å². The maximum Gasteiger partial charge on any atom is 0.129 e. The Hall–Kier alpha value is -0.960. The van der Waals surface area contributed by atoms with Gasteiger partial charge < -0.3 is 5.32 Å². The second-order valence-electron chi connectivity index (χ2n) is 5.82. The minimum absolute atomic E-state index is 0.301. The van der Waals surface area contributed by atoms with Gasteiger partial charge >= 0.3 is 0 Å². The van der Waals surface area contributed by atoms with Crippen molar-refractivity contribution in [2.75, 3.05) is 6.54 Å². The average molecular weight is 255 g/mol. The van der Waals surface area contributed by atoms with Gasteiger partial charge in [-0.1, -0.05) is 27.7 Å². The molecule has 0 aliphatic carbocycles. The highest BCUT2D eigenvalue weighted by Crippen LogP contribution is 2.30. The molecule has 1 aromatic rings. The molecule has 1 nitrogen and oxygen atoms in total. The summed E-state index contributed by atoms with van der Waals surface area (Å²) in [6.07, 6.45) is 0.813. The summed E-state index contributed by atoms with van der Waals surface area (Å²) in [6, 6.07) is 3.03. The van der Waals surface area contributed by atoms with Crippen LogP contribution in [0, 0.1) is 18.6 Å². The van der Waals surface area contributed by atoms with E-state index in [1.54, 1.807) is 13.0 Å². The Morgan fingerprint density at radius 3 is 2.33 bits per heavy atom. The Bertz CT molecular complexity index is 411. The van der Waals surface area contributed by atoms with Crippen LogP contribution < -0.4 is 5.32 Å². The third-order valence-electron chi connectivity index (χ3n) is 3.28. The number of hydrogen-bond acceptors (Lipinski definition) is 1. The molecule has 0 unspecified atom stereocenters. The SMILES string of the molecule is Cc1cc(C(C)(C)CCNC(C)C)c(F)cc1F. The lowest BCUT2D eigenvalue weighted by Gasteiger charge is -2.27. The van der Waals surface area contributed by atoms with E-state index >= 15 is 0 Å². The van der Waals surface area contributed by atoms with E-state index in [2.05, 4.69) is 19.2 Å². The van der Waals surface area contributed by atoms with Crippen LogP contribution in [-0.2, 0) is 5.41 Å². The van der Waals surface area contributed by atoms with Gasteiger partial charge in [0.05, 0.1) is 0 Å². The van der Waals surface area contributed by atoms with E-state index in [-0.39, 0.29) is 5.41 Å². The van der Waals surface area contributed by atoms with E-state index in [1.165, 1.54) is 0 Å². The predicted molar refractivity (Wildman–Crippen MR) is 71.9 cm³/mol. The van der Waals surface area contributed by atoms with E-state index in [0.717, 1.165) is 19.0 Å². The Morgan fingerprint density at radius 2 is 1.78 bits per heavy atom. The van der Waals surface area contributed by atoms with Crippen molar-refractivity contribution in [3.63, 3.8) is 0 Å². The molecule has 3 heteroatoms. The number of aryl methyl sites for hydroxylation is 1. The van der Waals surface area contributed by atoms with Crippen LogP contribution in [0.15, 0.2) is 12.1 Å². The monoisotopic (exact) mass is 255 g/mol. The fourth-order valence-corrected chi connectivity index (χ4v) is 1.98. The summed E-state index contributed by atoms with van der Waals surface area (Å²) in [4.78, 5) is 0. The number of rotatable bonds is 5. The minimum Gasteiger partial charge on any atom is -0.315 e. The molecule has 0 fully saturated rings. The summed E-state index contributed by atoms with van der Waals surface area (Å²) >= 11 is 0. The lowest BCUT2D eigenvalue weighted by Crippen LogP contribution is -2.30. The molecule has 1 aromatic carbocycles. The Labute approximate surface area is 109 Å². The van der Waals surface area contributed by atoms with Crippen molar-refractivity contribution in [3.8, 4) is 0 Å². The molecule has 0 aliphatic heterocycles. The van der Waals surface area contributed by atoms with Crippen LogP contribution in [0.2, 0.25) is 0 Å². The largest absolute Gasteiger partial charge is 0.315 e. The quantitative estimate of drug-likeness (QED) is 0.840. The number of halogens is 2. The molecule has 0 saturated heterocycles. The third kappa shape index (κ3) is 3.77. The average Bonchev–Trinajstić information content (AvgIpc) is 2.22. The van der Waals surface area contributed by atoms with Crippen LogP contribution in [0.25, 0.3) is 0 Å². The fourth-order valence-electron chi connectivity index (χ4n) is 1.98. The summed E-state index contributed by atoms with van der Waals surface area (Å²) in [7, 11) is 0. The van der Waals surface area contributed by atoms with Crippen molar-refractivity contribution >= 4 is 0 Å². The summed E-state index contributed by atoms with van der Waals surface area (Å²) in [5, 5.41) is 3.32. The van der Waals surface area contributed by atoms with E-state index in [9.17, 15) is 8.78 Å². The summed E-state index contributed by atoms with van der Waals surface area (Å²) in [5.74, 6) is -0.931. The zero-order valence-corrected chi connectivity index (χ0v) is 11.9. The van der Waals surface area contributed by atoms with Gasteiger partial charge in [-0.15, -0.1) is 0 Å². The van der Waals surface area contributed by atoms with Crippen molar-refractivity contribution in [1.29, 1.82) is 0 Å². The van der Waals surface area contributed by atoms with Crippen LogP contribution >= 0.6 is 0 Å². The Balaban J connectivity index is 2.87. The smallest absolute Gasteiger partial charge is 0.129 e. The molecule has 0 aromatic heterocycles. The molecular weight excluding hydrogens is 232 g/mol. The maximum atomic E-state index is 13.9. The third-order valence-corrected chi connectivity index (χ3v) is 3.28. The number of benzene rings is 1. The predicted octanol–water partition coefficient (Wildman–Crippen LogP) is 3.94. The summed E-state index contributed by atoms with van der Waals surface area (Å²) < 4.78 is 27.1. The van der Waals surface area contributed by atoms with Gasteiger partial charge in [0.25, 0.3) is 0 Å². The maximum absolute atomic E-state index is 13.9.